The largest absolute Gasteiger partial charge is 0.497 e. The second kappa shape index (κ2) is 7.80. The summed E-state index contributed by atoms with van der Waals surface area (Å²) in [4.78, 5) is 12.2. The number of rotatable bonds is 5. The first-order chi connectivity index (χ1) is 14.0. The fraction of sp³-hybridized carbons (Fsp3) is 0.125. The number of hydrogen-bond acceptors (Lipinski definition) is 4. The quantitative estimate of drug-likeness (QED) is 0.423. The van der Waals surface area contributed by atoms with E-state index in [1.165, 1.54) is 18.2 Å². The number of benzene rings is 3. The molecular formula is C24H19FO4. The van der Waals surface area contributed by atoms with Gasteiger partial charge >= 0.3 is 5.63 Å². The summed E-state index contributed by atoms with van der Waals surface area (Å²) in [5, 5.41) is 0.821. The molecule has 4 nitrogen and oxygen atoms in total. The fourth-order valence-corrected chi connectivity index (χ4v) is 3.25. The summed E-state index contributed by atoms with van der Waals surface area (Å²) in [7, 11) is 1.61. The van der Waals surface area contributed by atoms with Crippen LogP contribution in [-0.2, 0) is 6.61 Å². The summed E-state index contributed by atoms with van der Waals surface area (Å²) >= 11 is 0. The van der Waals surface area contributed by atoms with E-state index in [0.717, 1.165) is 33.4 Å². The van der Waals surface area contributed by atoms with Crippen molar-refractivity contribution in [2.24, 2.45) is 0 Å². The van der Waals surface area contributed by atoms with Gasteiger partial charge in [-0.1, -0.05) is 24.3 Å². The van der Waals surface area contributed by atoms with Gasteiger partial charge in [0.15, 0.2) is 0 Å². The highest BCUT2D eigenvalue weighted by atomic mass is 19.1. The van der Waals surface area contributed by atoms with Gasteiger partial charge in [0, 0.05) is 17.0 Å². The first kappa shape index (κ1) is 18.7. The molecule has 0 saturated carbocycles. The summed E-state index contributed by atoms with van der Waals surface area (Å²) in [6, 6.07) is 18.9. The van der Waals surface area contributed by atoms with Crippen LogP contribution in [0, 0.1) is 12.7 Å². The molecule has 0 radical (unpaired) electrons. The Kier molecular flexibility index (Phi) is 5.04. The van der Waals surface area contributed by atoms with Crippen LogP contribution in [0.25, 0.3) is 22.1 Å². The van der Waals surface area contributed by atoms with Crippen molar-refractivity contribution in [2.75, 3.05) is 7.11 Å². The molecule has 5 heteroatoms. The topological polar surface area (TPSA) is 48.7 Å². The maximum atomic E-state index is 13.1. The average molecular weight is 390 g/mol. The standard InChI is InChI=1S/C24H19FO4/c1-15-22(28-14-16-3-7-18(25)8-4-16)12-11-20-21(13-23(26)29-24(15)20)17-5-9-19(27-2)10-6-17/h3-13H,14H2,1-2H3. The lowest BCUT2D eigenvalue weighted by molar-refractivity contribution is 0.304. The Morgan fingerprint density at radius 3 is 2.38 bits per heavy atom. The number of ether oxygens (including phenoxy) is 2. The fourth-order valence-electron chi connectivity index (χ4n) is 3.25. The summed E-state index contributed by atoms with van der Waals surface area (Å²) < 4.78 is 29.6. The summed E-state index contributed by atoms with van der Waals surface area (Å²) in [6.07, 6.45) is 0. The Bertz CT molecular complexity index is 1210. The van der Waals surface area contributed by atoms with Crippen LogP contribution in [0.2, 0.25) is 0 Å². The molecule has 1 aromatic heterocycles. The predicted octanol–water partition coefficient (Wildman–Crippen LogP) is 5.50. The normalized spacial score (nSPS) is 10.9. The summed E-state index contributed by atoms with van der Waals surface area (Å²) in [6.45, 7) is 2.14. The number of aryl methyl sites for hydroxylation is 1. The maximum absolute atomic E-state index is 13.1. The van der Waals surface area contributed by atoms with E-state index in [1.54, 1.807) is 19.2 Å². The van der Waals surface area contributed by atoms with E-state index in [0.29, 0.717) is 11.3 Å². The molecule has 146 valence electrons. The zero-order valence-electron chi connectivity index (χ0n) is 16.1. The molecule has 0 atom stereocenters. The van der Waals surface area contributed by atoms with Crippen LogP contribution in [0.1, 0.15) is 11.1 Å². The molecule has 0 aliphatic rings. The lowest BCUT2D eigenvalue weighted by Gasteiger charge is -2.13. The highest BCUT2D eigenvalue weighted by molar-refractivity contribution is 5.95. The molecule has 0 aliphatic heterocycles. The molecule has 0 amide bonds. The SMILES string of the molecule is COc1ccc(-c2cc(=O)oc3c(C)c(OCc4ccc(F)cc4)ccc23)cc1. The van der Waals surface area contributed by atoms with E-state index < -0.39 is 5.63 Å². The highest BCUT2D eigenvalue weighted by Gasteiger charge is 2.13. The molecule has 0 saturated heterocycles. The van der Waals surface area contributed by atoms with Gasteiger partial charge in [0.2, 0.25) is 0 Å². The molecule has 4 aromatic rings. The third kappa shape index (κ3) is 3.85. The van der Waals surface area contributed by atoms with Crippen molar-refractivity contribution in [1.29, 1.82) is 0 Å². The Balaban J connectivity index is 1.72. The molecule has 0 spiro atoms. The molecular weight excluding hydrogens is 371 g/mol. The second-order valence-corrected chi connectivity index (χ2v) is 6.69. The predicted molar refractivity (Wildman–Crippen MR) is 110 cm³/mol. The van der Waals surface area contributed by atoms with Crippen molar-refractivity contribution < 1.29 is 18.3 Å². The number of hydrogen-bond donors (Lipinski definition) is 0. The number of halogens is 1. The lowest BCUT2D eigenvalue weighted by atomic mass is 10.00. The Hall–Kier alpha value is -3.60. The van der Waals surface area contributed by atoms with Crippen LogP contribution < -0.4 is 15.1 Å². The highest BCUT2D eigenvalue weighted by Crippen LogP contribution is 2.34. The number of fused-ring (bicyclic) bond motifs is 1. The average Bonchev–Trinajstić information content (AvgIpc) is 2.74. The van der Waals surface area contributed by atoms with Crippen LogP contribution in [0.3, 0.4) is 0 Å². The van der Waals surface area contributed by atoms with E-state index in [4.69, 9.17) is 13.9 Å². The third-order valence-corrected chi connectivity index (χ3v) is 4.82. The zero-order chi connectivity index (χ0) is 20.4. The van der Waals surface area contributed by atoms with Gasteiger partial charge in [0.1, 0.15) is 29.5 Å². The molecule has 4 rings (SSSR count). The number of methoxy groups -OCH3 is 1. The van der Waals surface area contributed by atoms with Crippen molar-refractivity contribution >= 4 is 11.0 Å². The monoisotopic (exact) mass is 390 g/mol. The van der Waals surface area contributed by atoms with Crippen LogP contribution in [0.15, 0.2) is 75.9 Å². The van der Waals surface area contributed by atoms with E-state index in [2.05, 4.69) is 0 Å². The smallest absolute Gasteiger partial charge is 0.336 e. The van der Waals surface area contributed by atoms with Gasteiger partial charge < -0.3 is 13.9 Å². The molecule has 0 aliphatic carbocycles. The van der Waals surface area contributed by atoms with Crippen molar-refractivity contribution in [1.82, 2.24) is 0 Å². The maximum Gasteiger partial charge on any atom is 0.336 e. The zero-order valence-corrected chi connectivity index (χ0v) is 16.1. The van der Waals surface area contributed by atoms with Crippen molar-refractivity contribution in [3.8, 4) is 22.6 Å². The minimum atomic E-state index is -0.429. The van der Waals surface area contributed by atoms with Crippen LogP contribution in [-0.4, -0.2) is 7.11 Å². The molecule has 0 unspecified atom stereocenters. The molecule has 0 bridgehead atoms. The van der Waals surface area contributed by atoms with Crippen molar-refractivity contribution in [3.63, 3.8) is 0 Å². The summed E-state index contributed by atoms with van der Waals surface area (Å²) in [5.41, 5.74) is 3.31. The molecule has 0 fully saturated rings. The van der Waals surface area contributed by atoms with E-state index >= 15 is 0 Å². The minimum absolute atomic E-state index is 0.287. The minimum Gasteiger partial charge on any atom is -0.497 e. The summed E-state index contributed by atoms with van der Waals surface area (Å²) in [5.74, 6) is 1.06. The molecule has 3 aromatic carbocycles. The van der Waals surface area contributed by atoms with Gasteiger partial charge in [-0.05, 0) is 60.0 Å². The van der Waals surface area contributed by atoms with Gasteiger partial charge in [-0.25, -0.2) is 9.18 Å². The van der Waals surface area contributed by atoms with Crippen LogP contribution in [0.5, 0.6) is 11.5 Å². The Morgan fingerprint density at radius 1 is 0.966 bits per heavy atom. The van der Waals surface area contributed by atoms with Crippen molar-refractivity contribution in [2.45, 2.75) is 13.5 Å². The van der Waals surface area contributed by atoms with Gasteiger partial charge in [-0.3, -0.25) is 0 Å². The Labute approximate surface area is 167 Å². The lowest BCUT2D eigenvalue weighted by Crippen LogP contribution is -2.02. The molecule has 0 N–H and O–H groups in total. The molecule has 29 heavy (non-hydrogen) atoms. The first-order valence-corrected chi connectivity index (χ1v) is 9.14. The van der Waals surface area contributed by atoms with Gasteiger partial charge in [-0.2, -0.15) is 0 Å². The van der Waals surface area contributed by atoms with Crippen LogP contribution in [0.4, 0.5) is 4.39 Å². The van der Waals surface area contributed by atoms with Gasteiger partial charge in [0.25, 0.3) is 0 Å². The second-order valence-electron chi connectivity index (χ2n) is 6.69. The van der Waals surface area contributed by atoms with E-state index in [1.807, 2.05) is 43.3 Å². The van der Waals surface area contributed by atoms with Crippen LogP contribution >= 0.6 is 0 Å². The van der Waals surface area contributed by atoms with Gasteiger partial charge in [0.05, 0.1) is 7.11 Å². The van der Waals surface area contributed by atoms with Gasteiger partial charge in [-0.15, -0.1) is 0 Å². The van der Waals surface area contributed by atoms with Crippen molar-refractivity contribution in [3.05, 3.63) is 94.1 Å². The van der Waals surface area contributed by atoms with E-state index in [-0.39, 0.29) is 12.4 Å². The third-order valence-electron chi connectivity index (χ3n) is 4.82. The first-order valence-electron chi connectivity index (χ1n) is 9.14. The molecule has 1 heterocycles. The van der Waals surface area contributed by atoms with E-state index in [9.17, 15) is 9.18 Å². The Morgan fingerprint density at radius 2 is 1.69 bits per heavy atom.